The Balaban J connectivity index is 1.42. The third-order valence-electron chi connectivity index (χ3n) is 4.40. The van der Waals surface area contributed by atoms with Gasteiger partial charge in [0.05, 0.1) is 6.20 Å². The second-order valence-electron chi connectivity index (χ2n) is 7.32. The molecule has 2 atom stereocenters. The molecular formula is C16H26N4O2. The van der Waals surface area contributed by atoms with Crippen molar-refractivity contribution in [2.45, 2.75) is 52.4 Å². The van der Waals surface area contributed by atoms with E-state index >= 15 is 0 Å². The summed E-state index contributed by atoms with van der Waals surface area (Å²) in [6.45, 7) is 11.2. The summed E-state index contributed by atoms with van der Waals surface area (Å²) >= 11 is 0. The van der Waals surface area contributed by atoms with Crippen LogP contribution in [0, 0.1) is 11.8 Å². The molecule has 3 rings (SSSR count). The van der Waals surface area contributed by atoms with Gasteiger partial charge >= 0.3 is 6.09 Å². The molecular weight excluding hydrogens is 280 g/mol. The maximum atomic E-state index is 12.0. The van der Waals surface area contributed by atoms with Crippen LogP contribution >= 0.6 is 0 Å². The summed E-state index contributed by atoms with van der Waals surface area (Å²) in [5.74, 6) is 1.16. The molecule has 0 bridgehead atoms. The minimum absolute atomic E-state index is 0.178. The quantitative estimate of drug-likeness (QED) is 0.922. The summed E-state index contributed by atoms with van der Waals surface area (Å²) in [5, 5.41) is 7.87. The maximum absolute atomic E-state index is 12.0. The van der Waals surface area contributed by atoms with Gasteiger partial charge < -0.3 is 15.0 Å². The lowest BCUT2D eigenvalue weighted by atomic mass is 10.2. The number of hydrogen-bond donors (Lipinski definition) is 1. The van der Waals surface area contributed by atoms with Crippen molar-refractivity contribution in [3.63, 3.8) is 0 Å². The number of hydrogen-bond acceptors (Lipinski definition) is 4. The van der Waals surface area contributed by atoms with Gasteiger partial charge in [-0.1, -0.05) is 0 Å². The van der Waals surface area contributed by atoms with Crippen LogP contribution in [0.2, 0.25) is 0 Å². The third kappa shape index (κ3) is 3.27. The van der Waals surface area contributed by atoms with Crippen molar-refractivity contribution >= 4 is 6.09 Å². The second-order valence-corrected chi connectivity index (χ2v) is 7.32. The van der Waals surface area contributed by atoms with Gasteiger partial charge in [0, 0.05) is 44.0 Å². The normalized spacial score (nSPS) is 26.9. The van der Waals surface area contributed by atoms with Crippen LogP contribution in [0.3, 0.4) is 0 Å². The molecule has 1 aliphatic heterocycles. The van der Waals surface area contributed by atoms with Crippen LogP contribution in [0.1, 0.15) is 33.3 Å². The van der Waals surface area contributed by atoms with Gasteiger partial charge in [0.15, 0.2) is 0 Å². The van der Waals surface area contributed by atoms with E-state index in [9.17, 15) is 4.79 Å². The molecule has 2 unspecified atom stereocenters. The zero-order chi connectivity index (χ0) is 15.9. The van der Waals surface area contributed by atoms with Crippen molar-refractivity contribution in [2.75, 3.05) is 13.1 Å². The lowest BCUT2D eigenvalue weighted by Crippen LogP contribution is -2.39. The monoisotopic (exact) mass is 306 g/mol. The van der Waals surface area contributed by atoms with Gasteiger partial charge in [-0.3, -0.25) is 4.68 Å². The highest BCUT2D eigenvalue weighted by Crippen LogP contribution is 2.45. The van der Waals surface area contributed by atoms with Crippen molar-refractivity contribution < 1.29 is 9.53 Å². The van der Waals surface area contributed by atoms with Gasteiger partial charge in [0.25, 0.3) is 0 Å². The van der Waals surface area contributed by atoms with E-state index in [-0.39, 0.29) is 6.09 Å². The molecule has 1 aliphatic carbocycles. The zero-order valence-corrected chi connectivity index (χ0v) is 13.9. The molecule has 1 amide bonds. The van der Waals surface area contributed by atoms with Crippen LogP contribution in [0.4, 0.5) is 4.79 Å². The lowest BCUT2D eigenvalue weighted by molar-refractivity contribution is 0.0269. The molecule has 6 nitrogen and oxygen atoms in total. The number of piperidine rings is 1. The van der Waals surface area contributed by atoms with Gasteiger partial charge in [0.2, 0.25) is 0 Å². The number of amides is 1. The summed E-state index contributed by atoms with van der Waals surface area (Å²) in [4.78, 5) is 13.9. The Morgan fingerprint density at radius 2 is 2.09 bits per heavy atom. The fourth-order valence-corrected chi connectivity index (χ4v) is 3.21. The molecule has 0 radical (unpaired) electrons. The second kappa shape index (κ2) is 5.57. The summed E-state index contributed by atoms with van der Waals surface area (Å²) in [5.41, 5.74) is 0.803. The van der Waals surface area contributed by atoms with Gasteiger partial charge in [0.1, 0.15) is 5.60 Å². The number of likely N-dealkylation sites (tertiary alicyclic amines) is 1. The molecule has 1 saturated carbocycles. The van der Waals surface area contributed by atoms with Crippen molar-refractivity contribution in [3.05, 3.63) is 18.0 Å². The predicted molar refractivity (Wildman–Crippen MR) is 83.3 cm³/mol. The molecule has 1 aromatic rings. The van der Waals surface area contributed by atoms with Crippen LogP contribution in [-0.4, -0.2) is 45.5 Å². The molecule has 1 N–H and O–H groups in total. The van der Waals surface area contributed by atoms with E-state index in [2.05, 4.69) is 23.5 Å². The summed E-state index contributed by atoms with van der Waals surface area (Å²) in [6.07, 6.45) is 3.82. The minimum atomic E-state index is -0.416. The van der Waals surface area contributed by atoms with Crippen LogP contribution < -0.4 is 5.32 Å². The SMILES string of the molecule is CCn1cc(CNC2C3CN(C(=O)OC(C)(C)C)CC32)cn1. The lowest BCUT2D eigenvalue weighted by Gasteiger charge is -2.26. The average molecular weight is 306 g/mol. The van der Waals surface area contributed by atoms with Crippen LogP contribution in [0.15, 0.2) is 12.4 Å². The Kier molecular flexibility index (Phi) is 3.89. The highest BCUT2D eigenvalue weighted by Gasteiger charge is 2.56. The first-order valence-corrected chi connectivity index (χ1v) is 8.10. The van der Waals surface area contributed by atoms with E-state index in [0.717, 1.165) is 26.2 Å². The minimum Gasteiger partial charge on any atom is -0.444 e. The number of carbonyl (C=O) groups excluding carboxylic acids is 1. The van der Waals surface area contributed by atoms with Gasteiger partial charge in [-0.15, -0.1) is 0 Å². The Bertz CT molecular complexity index is 537. The fraction of sp³-hybridized carbons (Fsp3) is 0.750. The molecule has 0 spiro atoms. The van der Waals surface area contributed by atoms with Gasteiger partial charge in [-0.2, -0.15) is 5.10 Å². The number of ether oxygens (including phenoxy) is 1. The Morgan fingerprint density at radius 1 is 1.41 bits per heavy atom. The first-order valence-electron chi connectivity index (χ1n) is 8.10. The first kappa shape index (κ1) is 15.3. The number of carbonyl (C=O) groups is 1. The summed E-state index contributed by atoms with van der Waals surface area (Å²) in [7, 11) is 0. The largest absolute Gasteiger partial charge is 0.444 e. The molecule has 2 heterocycles. The Hall–Kier alpha value is -1.56. The Morgan fingerprint density at radius 3 is 2.64 bits per heavy atom. The molecule has 1 saturated heterocycles. The average Bonchev–Trinajstić information content (AvgIpc) is 2.86. The molecule has 22 heavy (non-hydrogen) atoms. The molecule has 2 fully saturated rings. The molecule has 6 heteroatoms. The number of aromatic nitrogens is 2. The first-order chi connectivity index (χ1) is 10.4. The van der Waals surface area contributed by atoms with Crippen molar-refractivity contribution in [3.8, 4) is 0 Å². The van der Waals surface area contributed by atoms with E-state index in [1.165, 1.54) is 5.56 Å². The summed E-state index contributed by atoms with van der Waals surface area (Å²) < 4.78 is 7.37. The number of rotatable bonds is 4. The maximum Gasteiger partial charge on any atom is 0.410 e. The van der Waals surface area contributed by atoms with E-state index in [1.807, 2.05) is 36.5 Å². The predicted octanol–water partition coefficient (Wildman–Crippen LogP) is 1.86. The fourth-order valence-electron chi connectivity index (χ4n) is 3.21. The summed E-state index contributed by atoms with van der Waals surface area (Å²) in [6, 6.07) is 0.531. The van der Waals surface area contributed by atoms with Crippen molar-refractivity contribution in [2.24, 2.45) is 11.8 Å². The highest BCUT2D eigenvalue weighted by molar-refractivity contribution is 5.69. The third-order valence-corrected chi connectivity index (χ3v) is 4.40. The number of fused-ring (bicyclic) bond motifs is 1. The standard InChI is InChI=1S/C16H26N4O2/c1-5-20-8-11(7-18-20)6-17-14-12-9-19(10-13(12)14)15(21)22-16(2,3)4/h7-8,12-14,17H,5-6,9-10H2,1-4H3. The van der Waals surface area contributed by atoms with E-state index < -0.39 is 5.60 Å². The van der Waals surface area contributed by atoms with Crippen LogP contribution in [0.25, 0.3) is 0 Å². The zero-order valence-electron chi connectivity index (χ0n) is 13.9. The van der Waals surface area contributed by atoms with E-state index in [4.69, 9.17) is 4.74 Å². The number of aryl methyl sites for hydroxylation is 1. The van der Waals surface area contributed by atoms with Crippen LogP contribution in [0.5, 0.6) is 0 Å². The molecule has 2 aliphatic rings. The molecule has 1 aromatic heterocycles. The highest BCUT2D eigenvalue weighted by atomic mass is 16.6. The Labute approximate surface area is 131 Å². The smallest absolute Gasteiger partial charge is 0.410 e. The van der Waals surface area contributed by atoms with E-state index in [0.29, 0.717) is 17.9 Å². The molecule has 122 valence electrons. The van der Waals surface area contributed by atoms with E-state index in [1.54, 1.807) is 0 Å². The molecule has 0 aromatic carbocycles. The van der Waals surface area contributed by atoms with Crippen molar-refractivity contribution in [1.29, 1.82) is 0 Å². The topological polar surface area (TPSA) is 59.4 Å². The van der Waals surface area contributed by atoms with Gasteiger partial charge in [-0.05, 0) is 39.5 Å². The number of nitrogens with one attached hydrogen (secondary N) is 1. The van der Waals surface area contributed by atoms with Crippen molar-refractivity contribution in [1.82, 2.24) is 20.0 Å². The van der Waals surface area contributed by atoms with Gasteiger partial charge in [-0.25, -0.2) is 4.79 Å². The number of nitrogens with zero attached hydrogens (tertiary/aromatic N) is 3. The van der Waals surface area contributed by atoms with Crippen LogP contribution in [-0.2, 0) is 17.8 Å².